The van der Waals surface area contributed by atoms with Crippen molar-refractivity contribution in [1.82, 2.24) is 15.3 Å². The van der Waals surface area contributed by atoms with Crippen LogP contribution in [0.4, 0.5) is 0 Å². The van der Waals surface area contributed by atoms with E-state index in [2.05, 4.69) is 15.3 Å². The predicted octanol–water partition coefficient (Wildman–Crippen LogP) is 3.62. The van der Waals surface area contributed by atoms with E-state index in [-0.39, 0.29) is 44.7 Å². The van der Waals surface area contributed by atoms with Crippen LogP contribution in [0.15, 0.2) is 77.6 Å². The number of hydrogen-bond acceptors (Lipinski definition) is 9. The highest BCUT2D eigenvalue weighted by Crippen LogP contribution is 2.30. The van der Waals surface area contributed by atoms with E-state index in [9.17, 15) is 19.2 Å². The lowest BCUT2D eigenvalue weighted by Gasteiger charge is -2.18. The third-order valence-electron chi connectivity index (χ3n) is 6.57. The summed E-state index contributed by atoms with van der Waals surface area (Å²) in [5.41, 5.74) is 1.61. The molecule has 0 saturated heterocycles. The standard InChI is InChI=1S/C32H33N3O8/c1-40-26-17-23-25(18-27(26)41-2)33-28(35-31(23)38)14-15-29(36)34-24(32(39)43-20-22-11-7-4-8-12-22)13-16-30(37)42-19-21-9-5-3-6-10-21/h3-12,17-18,24H,13-16,19-20H2,1-2H3,(H,34,36)(H,33,35,38)/t24-/m0/s1. The van der Waals surface area contributed by atoms with Crippen molar-refractivity contribution in [3.63, 3.8) is 0 Å². The number of H-pyrrole nitrogens is 1. The van der Waals surface area contributed by atoms with Gasteiger partial charge in [0, 0.05) is 25.3 Å². The molecule has 11 heteroatoms. The van der Waals surface area contributed by atoms with Gasteiger partial charge in [-0.2, -0.15) is 0 Å². The second-order valence-corrected chi connectivity index (χ2v) is 9.64. The Morgan fingerprint density at radius 3 is 2.07 bits per heavy atom. The van der Waals surface area contributed by atoms with E-state index >= 15 is 0 Å². The second kappa shape index (κ2) is 15.2. The highest BCUT2D eigenvalue weighted by molar-refractivity contribution is 5.85. The molecule has 1 heterocycles. The van der Waals surface area contributed by atoms with Crippen LogP contribution in [0.1, 0.15) is 36.2 Å². The van der Waals surface area contributed by atoms with Crippen LogP contribution in [0.2, 0.25) is 0 Å². The third-order valence-corrected chi connectivity index (χ3v) is 6.57. The number of fused-ring (bicyclic) bond motifs is 1. The minimum Gasteiger partial charge on any atom is -0.493 e. The van der Waals surface area contributed by atoms with Crippen molar-refractivity contribution in [2.45, 2.75) is 44.9 Å². The van der Waals surface area contributed by atoms with Crippen molar-refractivity contribution in [3.8, 4) is 11.5 Å². The molecule has 1 amide bonds. The summed E-state index contributed by atoms with van der Waals surface area (Å²) in [7, 11) is 2.95. The van der Waals surface area contributed by atoms with Gasteiger partial charge in [0.25, 0.3) is 5.56 Å². The first kappa shape index (κ1) is 30.8. The van der Waals surface area contributed by atoms with Gasteiger partial charge in [-0.25, -0.2) is 9.78 Å². The maximum Gasteiger partial charge on any atom is 0.328 e. The number of nitrogens with zero attached hydrogens (tertiary/aromatic N) is 1. The lowest BCUT2D eigenvalue weighted by atomic mass is 10.1. The van der Waals surface area contributed by atoms with Crippen LogP contribution in [0, 0.1) is 0 Å². The normalized spacial score (nSPS) is 11.4. The van der Waals surface area contributed by atoms with Gasteiger partial charge in [0.2, 0.25) is 5.91 Å². The Balaban J connectivity index is 1.38. The number of rotatable bonds is 14. The number of methoxy groups -OCH3 is 2. The smallest absolute Gasteiger partial charge is 0.328 e. The predicted molar refractivity (Wildman–Crippen MR) is 157 cm³/mol. The summed E-state index contributed by atoms with van der Waals surface area (Å²) in [5, 5.41) is 2.97. The molecule has 0 aliphatic carbocycles. The minimum absolute atomic E-state index is 0.0142. The topological polar surface area (TPSA) is 146 Å². The van der Waals surface area contributed by atoms with Gasteiger partial charge in [0.1, 0.15) is 25.1 Å². The molecule has 1 aromatic heterocycles. The monoisotopic (exact) mass is 587 g/mol. The zero-order chi connectivity index (χ0) is 30.6. The molecule has 224 valence electrons. The number of hydrogen-bond donors (Lipinski definition) is 2. The highest BCUT2D eigenvalue weighted by Gasteiger charge is 2.24. The first-order valence-corrected chi connectivity index (χ1v) is 13.7. The molecule has 2 N–H and O–H groups in total. The fourth-order valence-corrected chi connectivity index (χ4v) is 4.28. The molecule has 0 saturated carbocycles. The van der Waals surface area contributed by atoms with E-state index in [0.717, 1.165) is 11.1 Å². The molecule has 0 radical (unpaired) electrons. The molecule has 0 aliphatic heterocycles. The van der Waals surface area contributed by atoms with E-state index in [4.69, 9.17) is 18.9 Å². The summed E-state index contributed by atoms with van der Waals surface area (Å²) < 4.78 is 21.3. The van der Waals surface area contributed by atoms with Crippen molar-refractivity contribution in [1.29, 1.82) is 0 Å². The number of aromatic amines is 1. The Morgan fingerprint density at radius 1 is 0.837 bits per heavy atom. The first-order valence-electron chi connectivity index (χ1n) is 13.7. The van der Waals surface area contributed by atoms with Gasteiger partial charge in [-0.05, 0) is 23.6 Å². The highest BCUT2D eigenvalue weighted by atomic mass is 16.5. The van der Waals surface area contributed by atoms with Gasteiger partial charge in [0.05, 0.1) is 25.1 Å². The molecule has 0 unspecified atom stereocenters. The number of nitrogens with one attached hydrogen (secondary N) is 2. The number of ether oxygens (including phenoxy) is 4. The molecule has 4 rings (SSSR count). The fourth-order valence-electron chi connectivity index (χ4n) is 4.28. The van der Waals surface area contributed by atoms with Crippen molar-refractivity contribution in [3.05, 3.63) is 100 Å². The number of benzene rings is 3. The van der Waals surface area contributed by atoms with Crippen molar-refractivity contribution < 1.29 is 33.3 Å². The first-order chi connectivity index (χ1) is 20.9. The molecule has 0 spiro atoms. The molecule has 0 aliphatic rings. The summed E-state index contributed by atoms with van der Waals surface area (Å²) in [6, 6.07) is 20.4. The van der Waals surface area contributed by atoms with Crippen LogP contribution in [-0.2, 0) is 43.5 Å². The SMILES string of the molecule is COc1cc2nc(CCC(=O)N[C@@H](CCC(=O)OCc3ccccc3)C(=O)OCc3ccccc3)[nH]c(=O)c2cc1OC. The van der Waals surface area contributed by atoms with E-state index in [1.54, 1.807) is 6.07 Å². The van der Waals surface area contributed by atoms with Crippen molar-refractivity contribution in [2.24, 2.45) is 0 Å². The molecule has 0 bridgehead atoms. The van der Waals surface area contributed by atoms with Gasteiger partial charge in [-0.1, -0.05) is 60.7 Å². The Hall–Kier alpha value is -5.19. The molecule has 43 heavy (non-hydrogen) atoms. The van der Waals surface area contributed by atoms with Gasteiger partial charge in [-0.15, -0.1) is 0 Å². The van der Waals surface area contributed by atoms with Crippen LogP contribution in [0.3, 0.4) is 0 Å². The van der Waals surface area contributed by atoms with Crippen LogP contribution in [-0.4, -0.2) is 48.1 Å². The Bertz CT molecular complexity index is 1610. The van der Waals surface area contributed by atoms with E-state index in [0.29, 0.717) is 22.4 Å². The number of amides is 1. The van der Waals surface area contributed by atoms with Crippen molar-refractivity contribution >= 4 is 28.7 Å². The quantitative estimate of drug-likeness (QED) is 0.211. The van der Waals surface area contributed by atoms with Gasteiger partial charge in [-0.3, -0.25) is 14.4 Å². The number of esters is 2. The Kier molecular flexibility index (Phi) is 10.8. The summed E-state index contributed by atoms with van der Waals surface area (Å²) in [6.07, 6.45) is -0.109. The van der Waals surface area contributed by atoms with Gasteiger partial charge < -0.3 is 29.2 Å². The lowest BCUT2D eigenvalue weighted by Crippen LogP contribution is -2.42. The maximum absolute atomic E-state index is 13.0. The fraction of sp³-hybridized carbons (Fsp3) is 0.281. The summed E-state index contributed by atoms with van der Waals surface area (Å²) >= 11 is 0. The molecule has 0 fully saturated rings. The lowest BCUT2D eigenvalue weighted by molar-refractivity contribution is -0.150. The Labute approximate surface area is 248 Å². The van der Waals surface area contributed by atoms with E-state index < -0.39 is 29.4 Å². The molecular formula is C32H33N3O8. The molecule has 3 aromatic carbocycles. The van der Waals surface area contributed by atoms with Gasteiger partial charge in [0.15, 0.2) is 11.5 Å². The molecule has 1 atom stereocenters. The van der Waals surface area contributed by atoms with E-state index in [1.807, 2.05) is 60.7 Å². The third kappa shape index (κ3) is 8.90. The summed E-state index contributed by atoms with van der Waals surface area (Å²) in [6.45, 7) is 0.117. The zero-order valence-corrected chi connectivity index (χ0v) is 24.0. The van der Waals surface area contributed by atoms with Crippen LogP contribution in [0.25, 0.3) is 10.9 Å². The summed E-state index contributed by atoms with van der Waals surface area (Å²) in [5.74, 6) is -0.572. The number of aryl methyl sites for hydroxylation is 1. The van der Waals surface area contributed by atoms with Crippen LogP contribution in [0.5, 0.6) is 11.5 Å². The van der Waals surface area contributed by atoms with Crippen LogP contribution < -0.4 is 20.3 Å². The van der Waals surface area contributed by atoms with Crippen LogP contribution >= 0.6 is 0 Å². The number of carbonyl (C=O) groups is 3. The Morgan fingerprint density at radius 2 is 1.44 bits per heavy atom. The second-order valence-electron chi connectivity index (χ2n) is 9.64. The minimum atomic E-state index is -1.08. The maximum atomic E-state index is 13.0. The van der Waals surface area contributed by atoms with E-state index in [1.165, 1.54) is 20.3 Å². The van der Waals surface area contributed by atoms with Gasteiger partial charge >= 0.3 is 11.9 Å². The summed E-state index contributed by atoms with van der Waals surface area (Å²) in [4.78, 5) is 58.0. The molecule has 11 nitrogen and oxygen atoms in total. The largest absolute Gasteiger partial charge is 0.493 e. The molecule has 4 aromatic rings. The average Bonchev–Trinajstić information content (AvgIpc) is 3.03. The van der Waals surface area contributed by atoms with Crippen molar-refractivity contribution in [2.75, 3.05) is 14.2 Å². The number of aromatic nitrogens is 2. The zero-order valence-electron chi connectivity index (χ0n) is 24.0. The average molecular weight is 588 g/mol. The number of carbonyl (C=O) groups excluding carboxylic acids is 3. The molecular weight excluding hydrogens is 554 g/mol.